The topological polar surface area (TPSA) is 25.8 Å². The van der Waals surface area contributed by atoms with Crippen LogP contribution in [0.25, 0.3) is 11.4 Å². The first-order valence-electron chi connectivity index (χ1n) is 4.76. The number of nitrogens with zero attached hydrogens (tertiary/aromatic N) is 2. The van der Waals surface area contributed by atoms with E-state index in [0.29, 0.717) is 5.75 Å². The van der Waals surface area contributed by atoms with Gasteiger partial charge >= 0.3 is 0 Å². The number of terminal acetylenes is 1. The Kier molecular flexibility index (Phi) is 3.60. The standard InChI is InChI=1S/C12H10N2S2/c1-3-8-15-12-13-11(14-16-12)10-6-4-9(2)5-7-10/h1,4-7H,8H2,2H3. The van der Waals surface area contributed by atoms with Gasteiger partial charge in [-0.1, -0.05) is 47.5 Å². The normalized spacial score (nSPS) is 10.0. The average molecular weight is 246 g/mol. The van der Waals surface area contributed by atoms with E-state index >= 15 is 0 Å². The van der Waals surface area contributed by atoms with E-state index in [9.17, 15) is 0 Å². The second-order valence-electron chi connectivity index (χ2n) is 3.24. The Labute approximate surface area is 103 Å². The van der Waals surface area contributed by atoms with E-state index < -0.39 is 0 Å². The molecule has 0 saturated carbocycles. The molecule has 0 fully saturated rings. The maximum atomic E-state index is 5.20. The molecule has 0 atom stereocenters. The van der Waals surface area contributed by atoms with Gasteiger partial charge in [-0.15, -0.1) is 6.42 Å². The summed E-state index contributed by atoms with van der Waals surface area (Å²) in [4.78, 5) is 4.42. The minimum absolute atomic E-state index is 0.641. The summed E-state index contributed by atoms with van der Waals surface area (Å²) in [6.07, 6.45) is 5.20. The second kappa shape index (κ2) is 5.15. The molecule has 1 aromatic carbocycles. The molecular weight excluding hydrogens is 236 g/mol. The van der Waals surface area contributed by atoms with Crippen molar-refractivity contribution in [1.29, 1.82) is 0 Å². The highest BCUT2D eigenvalue weighted by Gasteiger charge is 2.05. The van der Waals surface area contributed by atoms with E-state index in [1.54, 1.807) is 11.8 Å². The third-order valence-corrected chi connectivity index (χ3v) is 3.73. The molecule has 0 N–H and O–H groups in total. The number of aryl methyl sites for hydroxylation is 1. The maximum Gasteiger partial charge on any atom is 0.174 e. The van der Waals surface area contributed by atoms with Crippen LogP contribution in [0.5, 0.6) is 0 Å². The predicted molar refractivity (Wildman–Crippen MR) is 69.6 cm³/mol. The third-order valence-electron chi connectivity index (χ3n) is 2.00. The Bertz CT molecular complexity index is 509. The summed E-state index contributed by atoms with van der Waals surface area (Å²) in [6.45, 7) is 2.06. The molecule has 0 amide bonds. The van der Waals surface area contributed by atoms with Gasteiger partial charge in [-0.05, 0) is 18.5 Å². The van der Waals surface area contributed by atoms with Gasteiger partial charge in [0.05, 0.1) is 5.75 Å². The van der Waals surface area contributed by atoms with Crippen LogP contribution in [0.15, 0.2) is 28.6 Å². The summed E-state index contributed by atoms with van der Waals surface area (Å²) in [5, 5.41) is 0. The van der Waals surface area contributed by atoms with Crippen molar-refractivity contribution in [3.8, 4) is 23.7 Å². The average Bonchev–Trinajstić information content (AvgIpc) is 2.76. The van der Waals surface area contributed by atoms with Gasteiger partial charge < -0.3 is 0 Å². The van der Waals surface area contributed by atoms with Crippen LogP contribution in [0, 0.1) is 19.3 Å². The third kappa shape index (κ3) is 2.63. The molecule has 0 bridgehead atoms. The molecule has 80 valence electrons. The van der Waals surface area contributed by atoms with Crippen molar-refractivity contribution in [2.45, 2.75) is 11.3 Å². The van der Waals surface area contributed by atoms with E-state index in [2.05, 4.69) is 34.3 Å². The molecule has 0 spiro atoms. The summed E-state index contributed by atoms with van der Waals surface area (Å²) in [6, 6.07) is 8.19. The SMILES string of the molecule is C#CCSc1nc(-c2ccc(C)cc2)ns1. The number of rotatable bonds is 3. The van der Waals surface area contributed by atoms with Crippen LogP contribution in [0.3, 0.4) is 0 Å². The summed E-state index contributed by atoms with van der Waals surface area (Å²) in [5.74, 6) is 4.00. The molecule has 0 aliphatic carbocycles. The van der Waals surface area contributed by atoms with Gasteiger partial charge in [-0.25, -0.2) is 4.98 Å². The molecule has 1 aromatic heterocycles. The minimum Gasteiger partial charge on any atom is -0.208 e. The Morgan fingerprint density at radius 3 is 2.81 bits per heavy atom. The van der Waals surface area contributed by atoms with E-state index in [4.69, 9.17) is 6.42 Å². The molecule has 2 aromatic rings. The Morgan fingerprint density at radius 1 is 1.38 bits per heavy atom. The smallest absolute Gasteiger partial charge is 0.174 e. The predicted octanol–water partition coefficient (Wildman–Crippen LogP) is 3.24. The fraction of sp³-hybridized carbons (Fsp3) is 0.167. The molecule has 0 aliphatic heterocycles. The Morgan fingerprint density at radius 2 is 2.12 bits per heavy atom. The van der Waals surface area contributed by atoms with Gasteiger partial charge in [-0.3, -0.25) is 0 Å². The lowest BCUT2D eigenvalue weighted by Gasteiger charge is -1.95. The molecule has 2 nitrogen and oxygen atoms in total. The van der Waals surface area contributed by atoms with Crippen LogP contribution in [0.1, 0.15) is 5.56 Å². The van der Waals surface area contributed by atoms with E-state index in [-0.39, 0.29) is 0 Å². The monoisotopic (exact) mass is 246 g/mol. The zero-order chi connectivity index (χ0) is 11.4. The number of hydrogen-bond donors (Lipinski definition) is 0. The lowest BCUT2D eigenvalue weighted by molar-refractivity contribution is 1.22. The highest BCUT2D eigenvalue weighted by Crippen LogP contribution is 2.24. The van der Waals surface area contributed by atoms with Gasteiger partial charge in [0.2, 0.25) is 0 Å². The van der Waals surface area contributed by atoms with Crippen LogP contribution < -0.4 is 0 Å². The fourth-order valence-corrected chi connectivity index (χ4v) is 2.49. The van der Waals surface area contributed by atoms with E-state index in [1.807, 2.05) is 12.1 Å². The summed E-state index contributed by atoms with van der Waals surface area (Å²) >= 11 is 2.94. The van der Waals surface area contributed by atoms with E-state index in [1.165, 1.54) is 17.1 Å². The largest absolute Gasteiger partial charge is 0.208 e. The fourth-order valence-electron chi connectivity index (χ4n) is 1.19. The van der Waals surface area contributed by atoms with Crippen molar-refractivity contribution in [3.63, 3.8) is 0 Å². The number of aromatic nitrogens is 2. The molecule has 0 saturated heterocycles. The molecule has 1 heterocycles. The van der Waals surface area contributed by atoms with Crippen LogP contribution >= 0.6 is 23.3 Å². The first kappa shape index (κ1) is 11.2. The molecule has 4 heteroatoms. The summed E-state index contributed by atoms with van der Waals surface area (Å²) < 4.78 is 5.23. The zero-order valence-corrected chi connectivity index (χ0v) is 10.4. The second-order valence-corrected chi connectivity index (χ2v) is 5.22. The number of thioether (sulfide) groups is 1. The van der Waals surface area contributed by atoms with Crippen LogP contribution in [-0.4, -0.2) is 15.1 Å². The molecular formula is C12H10N2S2. The van der Waals surface area contributed by atoms with Crippen molar-refractivity contribution in [3.05, 3.63) is 29.8 Å². The summed E-state index contributed by atoms with van der Waals surface area (Å²) in [5.41, 5.74) is 2.29. The Hall–Kier alpha value is -1.31. The first-order valence-corrected chi connectivity index (χ1v) is 6.52. The van der Waals surface area contributed by atoms with Gasteiger partial charge in [-0.2, -0.15) is 4.37 Å². The van der Waals surface area contributed by atoms with Gasteiger partial charge in [0.15, 0.2) is 10.2 Å². The van der Waals surface area contributed by atoms with Crippen LogP contribution in [0.2, 0.25) is 0 Å². The molecule has 16 heavy (non-hydrogen) atoms. The first-order chi connectivity index (χ1) is 7.79. The van der Waals surface area contributed by atoms with Crippen molar-refractivity contribution in [2.24, 2.45) is 0 Å². The number of benzene rings is 1. The van der Waals surface area contributed by atoms with Gasteiger partial charge in [0.25, 0.3) is 0 Å². The van der Waals surface area contributed by atoms with Crippen molar-refractivity contribution < 1.29 is 0 Å². The van der Waals surface area contributed by atoms with Gasteiger partial charge in [0, 0.05) is 5.56 Å². The lowest BCUT2D eigenvalue weighted by Crippen LogP contribution is -1.81. The van der Waals surface area contributed by atoms with Gasteiger partial charge in [0.1, 0.15) is 0 Å². The van der Waals surface area contributed by atoms with Crippen LogP contribution in [-0.2, 0) is 0 Å². The van der Waals surface area contributed by atoms with Crippen molar-refractivity contribution >= 4 is 23.3 Å². The molecule has 0 unspecified atom stereocenters. The number of hydrogen-bond acceptors (Lipinski definition) is 4. The van der Waals surface area contributed by atoms with E-state index in [0.717, 1.165) is 15.7 Å². The Balaban J connectivity index is 2.18. The minimum atomic E-state index is 0.641. The molecule has 2 rings (SSSR count). The molecule has 0 radical (unpaired) electrons. The molecule has 0 aliphatic rings. The highest BCUT2D eigenvalue weighted by molar-refractivity contribution is 8.01. The highest BCUT2D eigenvalue weighted by atomic mass is 32.2. The summed E-state index contributed by atoms with van der Waals surface area (Å²) in [7, 11) is 0. The van der Waals surface area contributed by atoms with Crippen molar-refractivity contribution in [1.82, 2.24) is 9.36 Å². The van der Waals surface area contributed by atoms with Crippen LogP contribution in [0.4, 0.5) is 0 Å². The van der Waals surface area contributed by atoms with Crippen molar-refractivity contribution in [2.75, 3.05) is 5.75 Å². The maximum absolute atomic E-state index is 5.20. The zero-order valence-electron chi connectivity index (χ0n) is 8.80. The quantitative estimate of drug-likeness (QED) is 0.614. The lowest BCUT2D eigenvalue weighted by atomic mass is 10.1.